The summed E-state index contributed by atoms with van der Waals surface area (Å²) >= 11 is 0. The minimum absolute atomic E-state index is 0. The summed E-state index contributed by atoms with van der Waals surface area (Å²) in [5.41, 5.74) is 5.20. The third kappa shape index (κ3) is 6.84. The van der Waals surface area contributed by atoms with Gasteiger partial charge in [-0.1, -0.05) is 13.3 Å². The highest BCUT2D eigenvalue weighted by molar-refractivity contribution is 7.89. The van der Waals surface area contributed by atoms with Crippen LogP contribution in [0.2, 0.25) is 0 Å². The Bertz CT molecular complexity index is 489. The van der Waals surface area contributed by atoms with E-state index in [1.54, 1.807) is 11.8 Å². The fourth-order valence-electron chi connectivity index (χ4n) is 2.68. The number of carbonyl (C=O) groups excluding carboxylic acids is 1. The Labute approximate surface area is 152 Å². The molecule has 9 heteroatoms. The fourth-order valence-corrected chi connectivity index (χ4v) is 3.96. The van der Waals surface area contributed by atoms with Crippen molar-refractivity contribution in [2.24, 2.45) is 5.73 Å². The highest BCUT2D eigenvalue weighted by Crippen LogP contribution is 2.16. The largest absolute Gasteiger partial charge is 0.378 e. The van der Waals surface area contributed by atoms with E-state index in [0.717, 1.165) is 6.42 Å². The molecule has 0 spiro atoms. The molecule has 1 fully saturated rings. The van der Waals surface area contributed by atoms with Crippen molar-refractivity contribution >= 4 is 28.3 Å². The molecule has 0 aromatic carbocycles. The lowest BCUT2D eigenvalue weighted by Gasteiger charge is -2.38. The molecule has 0 aliphatic carbocycles. The predicted molar refractivity (Wildman–Crippen MR) is 97.8 cm³/mol. The highest BCUT2D eigenvalue weighted by Gasteiger charge is 2.35. The molecule has 0 bridgehead atoms. The number of halogens is 1. The van der Waals surface area contributed by atoms with Crippen LogP contribution in [-0.4, -0.2) is 73.7 Å². The normalized spacial score (nSPS) is 19.0. The van der Waals surface area contributed by atoms with Crippen molar-refractivity contribution in [3.8, 4) is 0 Å². The molecule has 1 rings (SSSR count). The SMILES string of the molecule is CCCC(C)(N)C(=O)N1CCN(S(=O)(=O)CCOC(C)C)CC1.Cl. The average molecular weight is 386 g/mol. The minimum atomic E-state index is -3.33. The van der Waals surface area contributed by atoms with Crippen LogP contribution >= 0.6 is 12.4 Å². The van der Waals surface area contributed by atoms with Crippen LogP contribution in [0.5, 0.6) is 0 Å². The van der Waals surface area contributed by atoms with Gasteiger partial charge in [-0.3, -0.25) is 4.79 Å². The standard InChI is InChI=1S/C15H31N3O4S.ClH/c1-5-6-15(4,16)14(19)17-7-9-18(10-8-17)23(20,21)12-11-22-13(2)3;/h13H,5-12,16H2,1-4H3;1H. The van der Waals surface area contributed by atoms with Gasteiger partial charge in [0.15, 0.2) is 0 Å². The second-order valence-corrected chi connectivity index (χ2v) is 8.68. The number of nitrogens with zero attached hydrogens (tertiary/aromatic N) is 2. The van der Waals surface area contributed by atoms with E-state index >= 15 is 0 Å². The first-order valence-electron chi connectivity index (χ1n) is 8.28. The van der Waals surface area contributed by atoms with E-state index in [2.05, 4.69) is 0 Å². The van der Waals surface area contributed by atoms with Gasteiger partial charge in [-0.15, -0.1) is 12.4 Å². The summed E-state index contributed by atoms with van der Waals surface area (Å²) in [5.74, 6) is -0.122. The van der Waals surface area contributed by atoms with Gasteiger partial charge >= 0.3 is 0 Å². The maximum Gasteiger partial charge on any atom is 0.242 e. The van der Waals surface area contributed by atoms with Gasteiger partial charge in [-0.2, -0.15) is 4.31 Å². The number of rotatable bonds is 8. The molecule has 1 unspecified atom stereocenters. The molecule has 0 radical (unpaired) electrons. The van der Waals surface area contributed by atoms with Gasteiger partial charge < -0.3 is 15.4 Å². The van der Waals surface area contributed by atoms with Crippen LogP contribution in [0.3, 0.4) is 0 Å². The zero-order valence-corrected chi connectivity index (χ0v) is 16.8. The van der Waals surface area contributed by atoms with Gasteiger partial charge in [0.2, 0.25) is 15.9 Å². The molecule has 24 heavy (non-hydrogen) atoms. The second-order valence-electron chi connectivity index (χ2n) is 6.59. The molecule has 0 aromatic rings. The van der Waals surface area contributed by atoms with Gasteiger partial charge in [0, 0.05) is 26.2 Å². The average Bonchev–Trinajstić information content (AvgIpc) is 2.46. The lowest BCUT2D eigenvalue weighted by molar-refractivity contribution is -0.137. The molecule has 1 heterocycles. The second kappa shape index (κ2) is 9.91. The van der Waals surface area contributed by atoms with E-state index in [4.69, 9.17) is 10.5 Å². The van der Waals surface area contributed by atoms with Crippen molar-refractivity contribution in [1.82, 2.24) is 9.21 Å². The third-order valence-electron chi connectivity index (χ3n) is 3.97. The monoisotopic (exact) mass is 385 g/mol. The van der Waals surface area contributed by atoms with Crippen LogP contribution in [0.1, 0.15) is 40.5 Å². The number of hydrogen-bond acceptors (Lipinski definition) is 5. The Balaban J connectivity index is 0.00000529. The Kier molecular flexibility index (Phi) is 9.74. The minimum Gasteiger partial charge on any atom is -0.378 e. The fraction of sp³-hybridized carbons (Fsp3) is 0.933. The van der Waals surface area contributed by atoms with E-state index in [1.165, 1.54) is 4.31 Å². The van der Waals surface area contributed by atoms with Crippen molar-refractivity contribution in [2.75, 3.05) is 38.5 Å². The molecular weight excluding hydrogens is 354 g/mol. The van der Waals surface area contributed by atoms with Crippen LogP contribution in [0.25, 0.3) is 0 Å². The van der Waals surface area contributed by atoms with E-state index < -0.39 is 15.6 Å². The third-order valence-corrected chi connectivity index (χ3v) is 5.80. The molecule has 144 valence electrons. The summed E-state index contributed by atoms with van der Waals surface area (Å²) in [6.07, 6.45) is 1.47. The molecule has 2 N–H and O–H groups in total. The van der Waals surface area contributed by atoms with E-state index in [1.807, 2.05) is 20.8 Å². The number of ether oxygens (including phenoxy) is 1. The molecule has 1 aliphatic heterocycles. The van der Waals surface area contributed by atoms with Crippen molar-refractivity contribution in [1.29, 1.82) is 0 Å². The summed E-state index contributed by atoms with van der Waals surface area (Å²) < 4.78 is 31.3. The first-order chi connectivity index (χ1) is 10.6. The first kappa shape index (κ1) is 23.6. The lowest BCUT2D eigenvalue weighted by Crippen LogP contribution is -2.59. The molecule has 1 saturated heterocycles. The predicted octanol–water partition coefficient (Wildman–Crippen LogP) is 0.825. The Morgan fingerprint density at radius 2 is 1.79 bits per heavy atom. The van der Waals surface area contributed by atoms with Gasteiger partial charge in [0.1, 0.15) is 0 Å². The topological polar surface area (TPSA) is 92.9 Å². The maximum absolute atomic E-state index is 12.4. The zero-order valence-electron chi connectivity index (χ0n) is 15.2. The first-order valence-corrected chi connectivity index (χ1v) is 9.88. The molecule has 1 aliphatic rings. The van der Waals surface area contributed by atoms with Gasteiger partial charge in [0.25, 0.3) is 0 Å². The molecule has 1 amide bonds. The van der Waals surface area contributed by atoms with E-state index in [-0.39, 0.29) is 36.8 Å². The molecule has 7 nitrogen and oxygen atoms in total. The van der Waals surface area contributed by atoms with Crippen LogP contribution < -0.4 is 5.73 Å². The summed E-state index contributed by atoms with van der Waals surface area (Å²) in [7, 11) is -3.33. The van der Waals surface area contributed by atoms with Crippen LogP contribution in [0.4, 0.5) is 0 Å². The Hall–Kier alpha value is -0.410. The number of sulfonamides is 1. The summed E-state index contributed by atoms with van der Waals surface area (Å²) in [6, 6.07) is 0. The van der Waals surface area contributed by atoms with Crippen molar-refractivity contribution in [2.45, 2.75) is 52.2 Å². The van der Waals surface area contributed by atoms with Gasteiger partial charge in [0.05, 0.1) is 24.0 Å². The number of hydrogen-bond donors (Lipinski definition) is 1. The lowest BCUT2D eigenvalue weighted by atomic mass is 9.95. The molecular formula is C15H32ClN3O4S. The summed E-state index contributed by atoms with van der Waals surface area (Å²) in [4.78, 5) is 14.1. The van der Waals surface area contributed by atoms with Crippen LogP contribution in [0, 0.1) is 0 Å². The number of amides is 1. The zero-order chi connectivity index (χ0) is 17.7. The smallest absolute Gasteiger partial charge is 0.242 e. The highest BCUT2D eigenvalue weighted by atomic mass is 35.5. The molecule has 0 aromatic heterocycles. The number of nitrogens with two attached hydrogens (primary N) is 1. The molecule has 1 atom stereocenters. The Morgan fingerprint density at radius 1 is 1.25 bits per heavy atom. The number of piperazine rings is 1. The van der Waals surface area contributed by atoms with Gasteiger partial charge in [-0.25, -0.2) is 8.42 Å². The van der Waals surface area contributed by atoms with Crippen molar-refractivity contribution in [3.05, 3.63) is 0 Å². The summed E-state index contributed by atoms with van der Waals surface area (Å²) in [5, 5.41) is 0. The molecule has 0 saturated carbocycles. The van der Waals surface area contributed by atoms with Crippen molar-refractivity contribution < 1.29 is 17.9 Å². The van der Waals surface area contributed by atoms with Crippen LogP contribution in [-0.2, 0) is 19.6 Å². The maximum atomic E-state index is 12.4. The summed E-state index contributed by atoms with van der Waals surface area (Å²) in [6.45, 7) is 9.08. The van der Waals surface area contributed by atoms with Crippen molar-refractivity contribution in [3.63, 3.8) is 0 Å². The van der Waals surface area contributed by atoms with Gasteiger partial charge in [-0.05, 0) is 27.2 Å². The van der Waals surface area contributed by atoms with Crippen LogP contribution in [0.15, 0.2) is 0 Å². The Morgan fingerprint density at radius 3 is 2.25 bits per heavy atom. The van der Waals surface area contributed by atoms with E-state index in [0.29, 0.717) is 32.6 Å². The van der Waals surface area contributed by atoms with E-state index in [9.17, 15) is 13.2 Å². The number of carbonyl (C=O) groups is 1. The quantitative estimate of drug-likeness (QED) is 0.667.